The Morgan fingerprint density at radius 3 is 2.42 bits per heavy atom. The Morgan fingerprint density at radius 1 is 1.32 bits per heavy atom. The summed E-state index contributed by atoms with van der Waals surface area (Å²) >= 11 is 0. The van der Waals surface area contributed by atoms with Gasteiger partial charge in [-0.25, -0.2) is 13.6 Å². The van der Waals surface area contributed by atoms with E-state index in [0.29, 0.717) is 0 Å². The average Bonchev–Trinajstić information content (AvgIpc) is 2.34. The first-order valence-electron chi connectivity index (χ1n) is 5.77. The predicted octanol–water partition coefficient (Wildman–Crippen LogP) is 2.32. The van der Waals surface area contributed by atoms with Crippen LogP contribution in [0.1, 0.15) is 19.4 Å². The second-order valence-electron chi connectivity index (χ2n) is 4.68. The fourth-order valence-electron chi connectivity index (χ4n) is 1.17. The summed E-state index contributed by atoms with van der Waals surface area (Å²) in [5.41, 5.74) is -1.45. The van der Waals surface area contributed by atoms with Gasteiger partial charge in [-0.1, -0.05) is 30.3 Å². The number of hydrogen-bond acceptors (Lipinski definition) is 3. The molecule has 0 radical (unpaired) electrons. The van der Waals surface area contributed by atoms with Gasteiger partial charge in [0.15, 0.2) is 0 Å². The molecular weight excluding hydrogens is 256 g/mol. The molecule has 1 amide bonds. The lowest BCUT2D eigenvalue weighted by Gasteiger charge is -2.28. The molecule has 0 saturated heterocycles. The maximum Gasteiger partial charge on any atom is 0.407 e. The highest BCUT2D eigenvalue weighted by atomic mass is 19.3. The van der Waals surface area contributed by atoms with Gasteiger partial charge in [0.25, 0.3) is 5.92 Å². The fourth-order valence-corrected chi connectivity index (χ4v) is 1.17. The van der Waals surface area contributed by atoms with Gasteiger partial charge in [-0.05, 0) is 19.4 Å². The molecule has 0 unspecified atom stereocenters. The van der Waals surface area contributed by atoms with Crippen LogP contribution in [0.15, 0.2) is 30.3 Å². The maximum atomic E-state index is 13.3. The van der Waals surface area contributed by atoms with Crippen molar-refractivity contribution in [1.29, 1.82) is 0 Å². The number of carbonyl (C=O) groups excluding carboxylic acids is 1. The Kier molecular flexibility index (Phi) is 4.83. The van der Waals surface area contributed by atoms with Crippen molar-refractivity contribution in [1.82, 2.24) is 5.32 Å². The number of carbonyl (C=O) groups is 1. The molecule has 4 nitrogen and oxygen atoms in total. The minimum Gasteiger partial charge on any atom is -0.445 e. The quantitative estimate of drug-likeness (QED) is 0.865. The number of amides is 1. The molecule has 19 heavy (non-hydrogen) atoms. The van der Waals surface area contributed by atoms with E-state index >= 15 is 0 Å². The Labute approximate surface area is 110 Å². The Bertz CT molecular complexity index is 416. The number of benzene rings is 1. The zero-order valence-corrected chi connectivity index (χ0v) is 10.8. The Morgan fingerprint density at radius 2 is 1.89 bits per heavy atom. The third-order valence-corrected chi connectivity index (χ3v) is 2.56. The first-order chi connectivity index (χ1) is 8.72. The molecule has 1 rings (SSSR count). The number of alkyl halides is 2. The molecular formula is C13H17F2NO3. The van der Waals surface area contributed by atoms with Gasteiger partial charge in [-0.15, -0.1) is 0 Å². The summed E-state index contributed by atoms with van der Waals surface area (Å²) in [6.07, 6.45) is -0.951. The Hall–Kier alpha value is -1.69. The number of hydrogen-bond donors (Lipinski definition) is 2. The number of aliphatic hydroxyl groups is 1. The Balaban J connectivity index is 2.37. The molecule has 106 valence electrons. The first kappa shape index (κ1) is 15.4. The first-order valence-corrected chi connectivity index (χ1v) is 5.77. The standard InChI is InChI=1S/C13H17F2NO3/c1-12(2,18)13(14,15)9-16-11(17)19-8-10-6-4-3-5-7-10/h3-7,18H,8-9H2,1-2H3,(H,16,17). The van der Waals surface area contributed by atoms with Gasteiger partial charge in [-0.2, -0.15) is 0 Å². The average molecular weight is 273 g/mol. The van der Waals surface area contributed by atoms with Crippen LogP contribution in [0.2, 0.25) is 0 Å². The van der Waals surface area contributed by atoms with Gasteiger partial charge in [0.2, 0.25) is 0 Å². The van der Waals surface area contributed by atoms with Gasteiger partial charge in [0.05, 0.1) is 6.54 Å². The van der Waals surface area contributed by atoms with Gasteiger partial charge in [0.1, 0.15) is 12.2 Å². The van der Waals surface area contributed by atoms with Crippen LogP contribution in [0.5, 0.6) is 0 Å². The number of alkyl carbamates (subject to hydrolysis) is 1. The lowest BCUT2D eigenvalue weighted by Crippen LogP contribution is -2.50. The molecule has 0 saturated carbocycles. The molecule has 1 aromatic carbocycles. The number of halogens is 2. The third kappa shape index (κ3) is 4.82. The third-order valence-electron chi connectivity index (χ3n) is 2.56. The van der Waals surface area contributed by atoms with E-state index < -0.39 is 24.2 Å². The predicted molar refractivity (Wildman–Crippen MR) is 65.9 cm³/mol. The van der Waals surface area contributed by atoms with Crippen molar-refractivity contribution in [3.05, 3.63) is 35.9 Å². The smallest absolute Gasteiger partial charge is 0.407 e. The minimum atomic E-state index is -3.43. The van der Waals surface area contributed by atoms with Gasteiger partial charge < -0.3 is 15.2 Å². The van der Waals surface area contributed by atoms with Crippen molar-refractivity contribution in [3.8, 4) is 0 Å². The van der Waals surface area contributed by atoms with Crippen molar-refractivity contribution < 1.29 is 23.4 Å². The molecule has 0 bridgehead atoms. The molecule has 0 atom stereocenters. The van der Waals surface area contributed by atoms with Crippen LogP contribution in [-0.4, -0.2) is 29.3 Å². The molecule has 0 aliphatic rings. The number of ether oxygens (including phenoxy) is 1. The van der Waals surface area contributed by atoms with E-state index in [-0.39, 0.29) is 6.61 Å². The second kappa shape index (κ2) is 5.97. The monoisotopic (exact) mass is 273 g/mol. The van der Waals surface area contributed by atoms with Crippen LogP contribution in [0.25, 0.3) is 0 Å². The molecule has 0 spiro atoms. The van der Waals surface area contributed by atoms with E-state index in [0.717, 1.165) is 19.4 Å². The molecule has 0 heterocycles. The topological polar surface area (TPSA) is 58.6 Å². The van der Waals surface area contributed by atoms with Crippen LogP contribution in [-0.2, 0) is 11.3 Å². The molecule has 6 heteroatoms. The van der Waals surface area contributed by atoms with Crippen LogP contribution in [0.3, 0.4) is 0 Å². The zero-order chi connectivity index (χ0) is 14.5. The number of rotatable bonds is 5. The summed E-state index contributed by atoms with van der Waals surface area (Å²) in [5, 5.41) is 11.2. The molecule has 0 aliphatic heterocycles. The second-order valence-corrected chi connectivity index (χ2v) is 4.68. The van der Waals surface area contributed by atoms with Crippen LogP contribution in [0.4, 0.5) is 13.6 Å². The van der Waals surface area contributed by atoms with Crippen molar-refractivity contribution >= 4 is 6.09 Å². The summed E-state index contributed by atoms with van der Waals surface area (Å²) in [6.45, 7) is 0.971. The van der Waals surface area contributed by atoms with E-state index in [1.54, 1.807) is 24.3 Å². The van der Waals surface area contributed by atoms with Crippen molar-refractivity contribution in [2.75, 3.05) is 6.54 Å². The highest BCUT2D eigenvalue weighted by molar-refractivity contribution is 5.67. The van der Waals surface area contributed by atoms with Gasteiger partial charge in [-0.3, -0.25) is 0 Å². The molecule has 1 aromatic rings. The van der Waals surface area contributed by atoms with Gasteiger partial charge in [0, 0.05) is 0 Å². The van der Waals surface area contributed by atoms with Crippen LogP contribution >= 0.6 is 0 Å². The highest BCUT2D eigenvalue weighted by Gasteiger charge is 2.45. The number of nitrogens with one attached hydrogen (secondary N) is 1. The lowest BCUT2D eigenvalue weighted by atomic mass is 10.0. The van der Waals surface area contributed by atoms with E-state index in [4.69, 9.17) is 4.74 Å². The van der Waals surface area contributed by atoms with Crippen molar-refractivity contribution in [2.24, 2.45) is 0 Å². The fraction of sp³-hybridized carbons (Fsp3) is 0.462. The lowest BCUT2D eigenvalue weighted by molar-refractivity contribution is -0.157. The van der Waals surface area contributed by atoms with E-state index in [1.165, 1.54) is 0 Å². The largest absolute Gasteiger partial charge is 0.445 e. The summed E-state index contributed by atoms with van der Waals surface area (Å²) in [7, 11) is 0. The summed E-state index contributed by atoms with van der Waals surface area (Å²) in [6, 6.07) is 8.86. The van der Waals surface area contributed by atoms with Crippen LogP contribution in [0, 0.1) is 0 Å². The van der Waals surface area contributed by atoms with E-state index in [1.807, 2.05) is 11.4 Å². The normalized spacial score (nSPS) is 12.1. The SMILES string of the molecule is CC(C)(O)C(F)(F)CNC(=O)OCc1ccccc1. The van der Waals surface area contributed by atoms with E-state index in [9.17, 15) is 18.7 Å². The maximum absolute atomic E-state index is 13.3. The summed E-state index contributed by atoms with van der Waals surface area (Å²) in [4.78, 5) is 11.2. The van der Waals surface area contributed by atoms with Crippen molar-refractivity contribution in [2.45, 2.75) is 32.0 Å². The molecule has 0 aromatic heterocycles. The highest BCUT2D eigenvalue weighted by Crippen LogP contribution is 2.27. The summed E-state index contributed by atoms with van der Waals surface area (Å²) in [5.74, 6) is -3.43. The molecule has 0 fully saturated rings. The minimum absolute atomic E-state index is 0.000757. The summed E-state index contributed by atoms with van der Waals surface area (Å²) < 4.78 is 31.4. The van der Waals surface area contributed by atoms with Gasteiger partial charge >= 0.3 is 6.09 Å². The van der Waals surface area contributed by atoms with Crippen molar-refractivity contribution in [3.63, 3.8) is 0 Å². The van der Waals surface area contributed by atoms with E-state index in [2.05, 4.69) is 0 Å². The molecule has 0 aliphatic carbocycles. The molecule has 2 N–H and O–H groups in total. The van der Waals surface area contributed by atoms with Crippen LogP contribution < -0.4 is 5.32 Å². The zero-order valence-electron chi connectivity index (χ0n) is 10.8.